The van der Waals surface area contributed by atoms with Crippen LogP contribution in [0.15, 0.2) is 0 Å². The molecule has 0 saturated carbocycles. The molecule has 0 aliphatic carbocycles. The minimum absolute atomic E-state index is 0.0871. The largest absolute Gasteiger partial charge is 0.480 e. The highest BCUT2D eigenvalue weighted by Crippen LogP contribution is 2.18. The summed E-state index contributed by atoms with van der Waals surface area (Å²) in [5.74, 6) is -2.04. The average Bonchev–Trinajstić information content (AvgIpc) is 2.74. The minimum Gasteiger partial charge on any atom is -0.480 e. The molecular formula is C9H14N2O5. The number of hydrogen-bond donors (Lipinski definition) is 3. The summed E-state index contributed by atoms with van der Waals surface area (Å²) < 4.78 is 0. The third-order valence-electron chi connectivity index (χ3n) is 2.55. The van der Waals surface area contributed by atoms with Gasteiger partial charge in [0.15, 0.2) is 0 Å². The number of carboxylic acid groups (broad SMARTS) is 1. The van der Waals surface area contributed by atoms with E-state index in [9.17, 15) is 14.4 Å². The number of nitrogens with zero attached hydrogens (tertiary/aromatic N) is 1. The molecule has 7 nitrogen and oxygen atoms in total. The normalized spacial score (nSPS) is 19.6. The monoisotopic (exact) mass is 230 g/mol. The molecule has 0 aromatic carbocycles. The van der Waals surface area contributed by atoms with E-state index in [1.165, 1.54) is 10.4 Å². The van der Waals surface area contributed by atoms with Crippen molar-refractivity contribution in [3.8, 4) is 0 Å². The second kappa shape index (κ2) is 5.45. The third-order valence-corrected chi connectivity index (χ3v) is 2.55. The molecule has 3 N–H and O–H groups in total. The van der Waals surface area contributed by atoms with Gasteiger partial charge in [0, 0.05) is 19.4 Å². The van der Waals surface area contributed by atoms with Crippen molar-refractivity contribution >= 4 is 17.8 Å². The smallest absolute Gasteiger partial charge is 0.326 e. The van der Waals surface area contributed by atoms with Gasteiger partial charge in [0.1, 0.15) is 6.04 Å². The van der Waals surface area contributed by atoms with Crippen molar-refractivity contribution in [3.05, 3.63) is 0 Å². The van der Waals surface area contributed by atoms with Gasteiger partial charge < -0.3 is 10.0 Å². The lowest BCUT2D eigenvalue weighted by Gasteiger charge is -2.21. The van der Waals surface area contributed by atoms with Gasteiger partial charge >= 0.3 is 5.97 Å². The van der Waals surface area contributed by atoms with Gasteiger partial charge in [-0.25, -0.2) is 10.3 Å². The lowest BCUT2D eigenvalue weighted by Crippen LogP contribution is -2.40. The molecule has 1 heterocycles. The summed E-state index contributed by atoms with van der Waals surface area (Å²) in [6, 6.07) is -0.773. The van der Waals surface area contributed by atoms with Gasteiger partial charge in [-0.3, -0.25) is 14.8 Å². The predicted molar refractivity (Wildman–Crippen MR) is 51.5 cm³/mol. The van der Waals surface area contributed by atoms with Crippen molar-refractivity contribution in [1.29, 1.82) is 0 Å². The molecule has 1 rings (SSSR count). The van der Waals surface area contributed by atoms with Gasteiger partial charge in [-0.2, -0.15) is 0 Å². The van der Waals surface area contributed by atoms with E-state index in [0.29, 0.717) is 19.4 Å². The van der Waals surface area contributed by atoms with Crippen molar-refractivity contribution in [1.82, 2.24) is 10.4 Å². The van der Waals surface area contributed by atoms with Crippen molar-refractivity contribution < 1.29 is 24.7 Å². The van der Waals surface area contributed by atoms with E-state index in [2.05, 4.69) is 0 Å². The Balaban J connectivity index is 2.47. The Kier molecular flexibility index (Phi) is 4.24. The van der Waals surface area contributed by atoms with E-state index >= 15 is 0 Å². The number of carbonyl (C=O) groups is 3. The van der Waals surface area contributed by atoms with E-state index in [0.717, 1.165) is 0 Å². The van der Waals surface area contributed by atoms with Crippen LogP contribution in [-0.2, 0) is 14.4 Å². The number of hydrogen-bond acceptors (Lipinski definition) is 4. The Bertz CT molecular complexity index is 304. The van der Waals surface area contributed by atoms with Crippen LogP contribution < -0.4 is 5.48 Å². The average molecular weight is 230 g/mol. The highest BCUT2D eigenvalue weighted by molar-refractivity contribution is 5.87. The first-order chi connectivity index (χ1) is 7.56. The van der Waals surface area contributed by atoms with Gasteiger partial charge in [0.2, 0.25) is 11.8 Å². The number of nitrogens with one attached hydrogen (secondary N) is 1. The van der Waals surface area contributed by atoms with Crippen LogP contribution in [0.1, 0.15) is 25.7 Å². The molecule has 1 unspecified atom stereocenters. The first-order valence-electron chi connectivity index (χ1n) is 5.01. The summed E-state index contributed by atoms with van der Waals surface area (Å²) in [4.78, 5) is 34.3. The van der Waals surface area contributed by atoms with Crippen LogP contribution in [0.2, 0.25) is 0 Å². The Labute approximate surface area is 92.0 Å². The number of hydroxylamine groups is 1. The summed E-state index contributed by atoms with van der Waals surface area (Å²) in [7, 11) is 0. The van der Waals surface area contributed by atoms with E-state index in [4.69, 9.17) is 10.3 Å². The standard InChI is InChI=1S/C9H14N2O5/c12-7(10-16)3-4-8(13)11-5-1-2-6(11)9(14)15/h6,16H,1-5H2,(H,10,12)(H,14,15). The van der Waals surface area contributed by atoms with E-state index in [-0.39, 0.29) is 18.7 Å². The van der Waals surface area contributed by atoms with Crippen molar-refractivity contribution in [2.24, 2.45) is 0 Å². The minimum atomic E-state index is -1.02. The topological polar surface area (TPSA) is 107 Å². The number of likely N-dealkylation sites (tertiary alicyclic amines) is 1. The van der Waals surface area contributed by atoms with Crippen LogP contribution in [0.4, 0.5) is 0 Å². The number of carboxylic acids is 1. The summed E-state index contributed by atoms with van der Waals surface area (Å²) >= 11 is 0. The van der Waals surface area contributed by atoms with Crippen molar-refractivity contribution in [2.75, 3.05) is 6.54 Å². The maximum absolute atomic E-state index is 11.6. The Morgan fingerprint density at radius 3 is 2.56 bits per heavy atom. The number of rotatable bonds is 4. The lowest BCUT2D eigenvalue weighted by molar-refractivity contribution is -0.148. The zero-order valence-electron chi connectivity index (χ0n) is 8.68. The summed E-state index contributed by atoms with van der Waals surface area (Å²) in [6.45, 7) is 0.413. The van der Waals surface area contributed by atoms with Gasteiger partial charge in [-0.1, -0.05) is 0 Å². The van der Waals surface area contributed by atoms with Crippen molar-refractivity contribution in [2.45, 2.75) is 31.7 Å². The Morgan fingerprint density at radius 2 is 2.00 bits per heavy atom. The van der Waals surface area contributed by atoms with Crippen LogP contribution in [0.5, 0.6) is 0 Å². The molecule has 1 fully saturated rings. The molecule has 0 aromatic heterocycles. The van der Waals surface area contributed by atoms with E-state index in [1.807, 2.05) is 0 Å². The van der Waals surface area contributed by atoms with Crippen LogP contribution in [0.3, 0.4) is 0 Å². The number of aliphatic carboxylic acids is 1. The second-order valence-corrected chi connectivity index (χ2v) is 3.62. The fraction of sp³-hybridized carbons (Fsp3) is 0.667. The predicted octanol–water partition coefficient (Wildman–Crippen LogP) is -0.652. The molecule has 90 valence electrons. The van der Waals surface area contributed by atoms with E-state index in [1.54, 1.807) is 0 Å². The van der Waals surface area contributed by atoms with Crippen LogP contribution in [-0.4, -0.2) is 45.6 Å². The summed E-state index contributed by atoms with van der Waals surface area (Å²) in [5, 5.41) is 17.1. The molecule has 1 aliphatic heterocycles. The molecule has 16 heavy (non-hydrogen) atoms. The molecule has 1 saturated heterocycles. The summed E-state index contributed by atoms with van der Waals surface area (Å²) in [5.41, 5.74) is 1.42. The molecule has 1 aliphatic rings. The fourth-order valence-corrected chi connectivity index (χ4v) is 1.74. The highest BCUT2D eigenvalue weighted by Gasteiger charge is 2.33. The Hall–Kier alpha value is -1.63. The fourth-order valence-electron chi connectivity index (χ4n) is 1.74. The molecule has 0 radical (unpaired) electrons. The highest BCUT2D eigenvalue weighted by atomic mass is 16.5. The second-order valence-electron chi connectivity index (χ2n) is 3.62. The van der Waals surface area contributed by atoms with Gasteiger partial charge in [0.25, 0.3) is 0 Å². The molecule has 1 atom stereocenters. The quantitative estimate of drug-likeness (QED) is 0.439. The third kappa shape index (κ3) is 2.93. The zero-order valence-corrected chi connectivity index (χ0v) is 8.68. The molecule has 0 bridgehead atoms. The van der Waals surface area contributed by atoms with Gasteiger partial charge in [-0.15, -0.1) is 0 Å². The first kappa shape index (κ1) is 12.4. The first-order valence-corrected chi connectivity index (χ1v) is 5.01. The molecule has 0 spiro atoms. The maximum atomic E-state index is 11.6. The van der Waals surface area contributed by atoms with Crippen LogP contribution in [0, 0.1) is 0 Å². The van der Waals surface area contributed by atoms with Crippen molar-refractivity contribution in [3.63, 3.8) is 0 Å². The Morgan fingerprint density at radius 1 is 1.31 bits per heavy atom. The van der Waals surface area contributed by atoms with Crippen LogP contribution >= 0.6 is 0 Å². The van der Waals surface area contributed by atoms with E-state index < -0.39 is 17.9 Å². The number of amides is 2. The zero-order chi connectivity index (χ0) is 12.1. The van der Waals surface area contributed by atoms with Gasteiger partial charge in [0.05, 0.1) is 0 Å². The van der Waals surface area contributed by atoms with Crippen LogP contribution in [0.25, 0.3) is 0 Å². The number of carbonyl (C=O) groups excluding carboxylic acids is 2. The SMILES string of the molecule is O=C(CCC(=O)N1CCCC1C(=O)O)NO. The molecule has 2 amide bonds. The maximum Gasteiger partial charge on any atom is 0.326 e. The van der Waals surface area contributed by atoms with Gasteiger partial charge in [-0.05, 0) is 12.8 Å². The molecule has 0 aromatic rings. The molecule has 7 heteroatoms. The summed E-state index contributed by atoms with van der Waals surface area (Å²) in [6.07, 6.45) is 0.885. The lowest BCUT2D eigenvalue weighted by atomic mass is 10.2. The molecular weight excluding hydrogens is 216 g/mol.